The van der Waals surface area contributed by atoms with Crippen molar-refractivity contribution in [1.29, 1.82) is 0 Å². The predicted molar refractivity (Wildman–Crippen MR) is 62.3 cm³/mol. The van der Waals surface area contributed by atoms with Crippen molar-refractivity contribution in [2.24, 2.45) is 0 Å². The van der Waals surface area contributed by atoms with Crippen molar-refractivity contribution < 1.29 is 5.11 Å². The molecule has 1 aromatic carbocycles. The van der Waals surface area contributed by atoms with E-state index in [1.54, 1.807) is 0 Å². The molecule has 0 aliphatic heterocycles. The van der Waals surface area contributed by atoms with E-state index in [0.717, 1.165) is 10.6 Å². The summed E-state index contributed by atoms with van der Waals surface area (Å²) in [5.41, 5.74) is 0.914. The lowest BCUT2D eigenvalue weighted by atomic mass is 10.1. The number of nitrogens with zero attached hydrogens (tertiary/aromatic N) is 1. The SMILES string of the molecule is CN(C)C(=S)CC(O)c1ccccc1. The summed E-state index contributed by atoms with van der Waals surface area (Å²) in [4.78, 5) is 2.61. The number of hydrogen-bond acceptors (Lipinski definition) is 2. The smallest absolute Gasteiger partial charge is 0.0853 e. The summed E-state index contributed by atoms with van der Waals surface area (Å²) >= 11 is 5.12. The normalized spacial score (nSPS) is 12.2. The molecule has 1 rings (SSSR count). The third-order valence-electron chi connectivity index (χ3n) is 2.05. The number of aliphatic hydroxyl groups excluding tert-OH is 1. The van der Waals surface area contributed by atoms with Gasteiger partial charge >= 0.3 is 0 Å². The molecular weight excluding hydrogens is 194 g/mol. The van der Waals surface area contributed by atoms with Crippen LogP contribution in [0, 0.1) is 0 Å². The van der Waals surface area contributed by atoms with E-state index in [4.69, 9.17) is 12.2 Å². The van der Waals surface area contributed by atoms with Gasteiger partial charge in [0.1, 0.15) is 0 Å². The van der Waals surface area contributed by atoms with Crippen molar-refractivity contribution in [3.63, 3.8) is 0 Å². The van der Waals surface area contributed by atoms with Crippen LogP contribution in [-0.2, 0) is 0 Å². The van der Waals surface area contributed by atoms with Crippen LogP contribution >= 0.6 is 12.2 Å². The molecule has 0 saturated carbocycles. The van der Waals surface area contributed by atoms with E-state index in [0.29, 0.717) is 6.42 Å². The molecule has 0 fully saturated rings. The number of hydrogen-bond donors (Lipinski definition) is 1. The maximum Gasteiger partial charge on any atom is 0.0853 e. The molecule has 0 aromatic heterocycles. The lowest BCUT2D eigenvalue weighted by Crippen LogP contribution is -2.21. The fourth-order valence-electron chi connectivity index (χ4n) is 1.14. The molecule has 1 unspecified atom stereocenters. The van der Waals surface area contributed by atoms with E-state index < -0.39 is 6.10 Å². The van der Waals surface area contributed by atoms with Gasteiger partial charge in [0.05, 0.1) is 11.1 Å². The molecule has 0 amide bonds. The van der Waals surface area contributed by atoms with Crippen molar-refractivity contribution >= 4 is 17.2 Å². The summed E-state index contributed by atoms with van der Waals surface area (Å²) in [6, 6.07) is 9.57. The molecule has 0 aliphatic rings. The maximum absolute atomic E-state index is 9.83. The third-order valence-corrected chi connectivity index (χ3v) is 2.58. The molecule has 2 nitrogen and oxygen atoms in total. The van der Waals surface area contributed by atoms with Gasteiger partial charge in [0.25, 0.3) is 0 Å². The molecule has 0 aliphatic carbocycles. The van der Waals surface area contributed by atoms with E-state index in [-0.39, 0.29) is 0 Å². The van der Waals surface area contributed by atoms with Gasteiger partial charge in [0.2, 0.25) is 0 Å². The maximum atomic E-state index is 9.83. The van der Waals surface area contributed by atoms with Crippen LogP contribution in [0.1, 0.15) is 18.1 Å². The Morgan fingerprint density at radius 3 is 2.43 bits per heavy atom. The zero-order chi connectivity index (χ0) is 10.6. The molecule has 0 radical (unpaired) electrons. The average Bonchev–Trinajstić information content (AvgIpc) is 2.19. The highest BCUT2D eigenvalue weighted by Gasteiger charge is 2.10. The van der Waals surface area contributed by atoms with Crippen LogP contribution in [0.4, 0.5) is 0 Å². The fourth-order valence-corrected chi connectivity index (χ4v) is 1.30. The quantitative estimate of drug-likeness (QED) is 0.770. The predicted octanol–water partition coefficient (Wildman–Crippen LogP) is 2.00. The van der Waals surface area contributed by atoms with Crippen LogP contribution in [0.15, 0.2) is 30.3 Å². The minimum atomic E-state index is -0.494. The Kier molecular flexibility index (Phi) is 4.04. The number of thiocarbonyl (C=S) groups is 1. The van der Waals surface area contributed by atoms with Crippen molar-refractivity contribution in [3.05, 3.63) is 35.9 Å². The van der Waals surface area contributed by atoms with Crippen molar-refractivity contribution in [2.45, 2.75) is 12.5 Å². The average molecular weight is 209 g/mol. The van der Waals surface area contributed by atoms with Gasteiger partial charge in [-0.3, -0.25) is 0 Å². The Hall–Kier alpha value is -0.930. The number of aliphatic hydroxyl groups is 1. The Morgan fingerprint density at radius 2 is 1.93 bits per heavy atom. The monoisotopic (exact) mass is 209 g/mol. The highest BCUT2D eigenvalue weighted by molar-refractivity contribution is 7.80. The first-order valence-electron chi connectivity index (χ1n) is 4.54. The zero-order valence-electron chi connectivity index (χ0n) is 8.47. The standard InChI is InChI=1S/C11H15NOS/c1-12(2)11(14)8-10(13)9-6-4-3-5-7-9/h3-7,10,13H,8H2,1-2H3. The van der Waals surface area contributed by atoms with Gasteiger partial charge in [-0.2, -0.15) is 0 Å². The van der Waals surface area contributed by atoms with Gasteiger partial charge in [-0.1, -0.05) is 42.5 Å². The number of rotatable bonds is 3. The van der Waals surface area contributed by atoms with Crippen LogP contribution in [0.5, 0.6) is 0 Å². The lowest BCUT2D eigenvalue weighted by molar-refractivity contribution is 0.184. The van der Waals surface area contributed by atoms with Gasteiger partial charge in [0.15, 0.2) is 0 Å². The Bertz CT molecular complexity index is 297. The topological polar surface area (TPSA) is 23.5 Å². The Balaban J connectivity index is 2.59. The largest absolute Gasteiger partial charge is 0.388 e. The second-order valence-corrected chi connectivity index (χ2v) is 3.89. The molecule has 0 saturated heterocycles. The van der Waals surface area contributed by atoms with E-state index in [1.165, 1.54) is 0 Å². The summed E-state index contributed by atoms with van der Waals surface area (Å²) < 4.78 is 0. The first-order chi connectivity index (χ1) is 6.61. The summed E-state index contributed by atoms with van der Waals surface area (Å²) in [6.07, 6.45) is 0.0119. The first kappa shape index (κ1) is 11.1. The van der Waals surface area contributed by atoms with Crippen LogP contribution < -0.4 is 0 Å². The molecule has 3 heteroatoms. The van der Waals surface area contributed by atoms with E-state index >= 15 is 0 Å². The number of benzene rings is 1. The summed E-state index contributed by atoms with van der Waals surface area (Å²) in [5, 5.41) is 9.83. The van der Waals surface area contributed by atoms with Gasteiger partial charge in [0, 0.05) is 20.5 Å². The van der Waals surface area contributed by atoms with Crippen LogP contribution in [0.2, 0.25) is 0 Å². The second-order valence-electron chi connectivity index (χ2n) is 3.42. The second kappa shape index (κ2) is 5.08. The van der Waals surface area contributed by atoms with E-state index in [9.17, 15) is 5.11 Å². The highest BCUT2D eigenvalue weighted by atomic mass is 32.1. The van der Waals surface area contributed by atoms with Gasteiger partial charge in [-0.25, -0.2) is 0 Å². The molecule has 14 heavy (non-hydrogen) atoms. The molecule has 76 valence electrons. The molecular formula is C11H15NOS. The van der Waals surface area contributed by atoms with Gasteiger partial charge in [-0.15, -0.1) is 0 Å². The van der Waals surface area contributed by atoms with Crippen molar-refractivity contribution in [3.8, 4) is 0 Å². The van der Waals surface area contributed by atoms with Gasteiger partial charge in [-0.05, 0) is 5.56 Å². The molecule has 1 N–H and O–H groups in total. The summed E-state index contributed by atoms with van der Waals surface area (Å²) in [6.45, 7) is 0. The summed E-state index contributed by atoms with van der Waals surface area (Å²) in [5.74, 6) is 0. The summed E-state index contributed by atoms with van der Waals surface area (Å²) in [7, 11) is 3.78. The van der Waals surface area contributed by atoms with Crippen LogP contribution in [0.25, 0.3) is 0 Å². The third kappa shape index (κ3) is 3.09. The van der Waals surface area contributed by atoms with Crippen molar-refractivity contribution in [1.82, 2.24) is 4.90 Å². The lowest BCUT2D eigenvalue weighted by Gasteiger charge is -2.17. The van der Waals surface area contributed by atoms with Crippen LogP contribution in [-0.4, -0.2) is 29.1 Å². The van der Waals surface area contributed by atoms with Crippen molar-refractivity contribution in [2.75, 3.05) is 14.1 Å². The zero-order valence-corrected chi connectivity index (χ0v) is 9.29. The minimum absolute atomic E-state index is 0.494. The Labute approximate surface area is 90.2 Å². The van der Waals surface area contributed by atoms with Gasteiger partial charge < -0.3 is 10.0 Å². The minimum Gasteiger partial charge on any atom is -0.388 e. The molecule has 0 bridgehead atoms. The van der Waals surface area contributed by atoms with Crippen LogP contribution in [0.3, 0.4) is 0 Å². The van der Waals surface area contributed by atoms with E-state index in [1.807, 2.05) is 49.3 Å². The van der Waals surface area contributed by atoms with E-state index in [2.05, 4.69) is 0 Å². The molecule has 1 atom stereocenters. The molecule has 0 heterocycles. The highest BCUT2D eigenvalue weighted by Crippen LogP contribution is 2.16. The Morgan fingerprint density at radius 1 is 1.36 bits per heavy atom. The first-order valence-corrected chi connectivity index (χ1v) is 4.95. The fraction of sp³-hybridized carbons (Fsp3) is 0.364. The molecule has 0 spiro atoms. The molecule has 1 aromatic rings.